The average Bonchev–Trinajstić information content (AvgIpc) is 2.60. The van der Waals surface area contributed by atoms with Crippen LogP contribution in [0.5, 0.6) is 5.75 Å². The SMILES string of the molecule is CCOC(=O)COc1cccc(NC(=O)CCC2CCNCC2)c1.Cl. The molecule has 140 valence electrons. The maximum Gasteiger partial charge on any atom is 0.344 e. The zero-order valence-electron chi connectivity index (χ0n) is 14.6. The van der Waals surface area contributed by atoms with Crippen LogP contribution in [0.2, 0.25) is 0 Å². The van der Waals surface area contributed by atoms with Gasteiger partial charge in [0.2, 0.25) is 5.91 Å². The third-order valence-corrected chi connectivity index (χ3v) is 4.02. The zero-order valence-corrected chi connectivity index (χ0v) is 15.4. The topological polar surface area (TPSA) is 76.7 Å². The van der Waals surface area contributed by atoms with Crippen molar-refractivity contribution in [3.8, 4) is 5.75 Å². The van der Waals surface area contributed by atoms with Crippen LogP contribution in [0.25, 0.3) is 0 Å². The van der Waals surface area contributed by atoms with Gasteiger partial charge in [0.25, 0.3) is 0 Å². The third kappa shape index (κ3) is 8.23. The molecule has 1 amide bonds. The van der Waals surface area contributed by atoms with E-state index in [0.29, 0.717) is 30.4 Å². The number of esters is 1. The Bertz CT molecular complexity index is 548. The minimum atomic E-state index is -0.408. The number of carbonyl (C=O) groups is 2. The number of hydrogen-bond donors (Lipinski definition) is 2. The summed E-state index contributed by atoms with van der Waals surface area (Å²) in [4.78, 5) is 23.4. The second kappa shape index (κ2) is 11.7. The quantitative estimate of drug-likeness (QED) is 0.688. The summed E-state index contributed by atoms with van der Waals surface area (Å²) in [5.41, 5.74) is 0.673. The predicted octanol–water partition coefficient (Wildman–Crippen LogP) is 2.77. The van der Waals surface area contributed by atoms with Gasteiger partial charge in [0.05, 0.1) is 6.61 Å². The van der Waals surface area contributed by atoms with Crippen molar-refractivity contribution in [3.63, 3.8) is 0 Å². The van der Waals surface area contributed by atoms with Gasteiger partial charge < -0.3 is 20.1 Å². The number of rotatable bonds is 8. The number of benzene rings is 1. The number of anilines is 1. The van der Waals surface area contributed by atoms with Gasteiger partial charge in [-0.2, -0.15) is 0 Å². The molecule has 2 rings (SSSR count). The van der Waals surface area contributed by atoms with Crippen LogP contribution in [-0.4, -0.2) is 38.2 Å². The maximum absolute atomic E-state index is 12.1. The van der Waals surface area contributed by atoms with Crippen molar-refractivity contribution in [1.82, 2.24) is 5.32 Å². The number of amides is 1. The molecule has 0 unspecified atom stereocenters. The summed E-state index contributed by atoms with van der Waals surface area (Å²) in [7, 11) is 0. The van der Waals surface area contributed by atoms with E-state index >= 15 is 0 Å². The second-order valence-electron chi connectivity index (χ2n) is 5.90. The number of halogens is 1. The molecule has 1 aliphatic rings. The predicted molar refractivity (Wildman–Crippen MR) is 99.3 cm³/mol. The lowest BCUT2D eigenvalue weighted by molar-refractivity contribution is -0.145. The Hall–Kier alpha value is -1.79. The minimum Gasteiger partial charge on any atom is -0.482 e. The van der Waals surface area contributed by atoms with E-state index in [2.05, 4.69) is 10.6 Å². The fourth-order valence-corrected chi connectivity index (χ4v) is 2.74. The summed E-state index contributed by atoms with van der Waals surface area (Å²) in [5, 5.41) is 6.21. The van der Waals surface area contributed by atoms with Crippen LogP contribution < -0.4 is 15.4 Å². The first-order chi connectivity index (χ1) is 11.7. The van der Waals surface area contributed by atoms with Crippen LogP contribution in [-0.2, 0) is 14.3 Å². The van der Waals surface area contributed by atoms with Gasteiger partial charge in [-0.3, -0.25) is 4.79 Å². The molecule has 0 radical (unpaired) electrons. The Labute approximate surface area is 155 Å². The lowest BCUT2D eigenvalue weighted by atomic mass is 9.93. The highest BCUT2D eigenvalue weighted by Gasteiger charge is 2.14. The van der Waals surface area contributed by atoms with E-state index in [-0.39, 0.29) is 24.9 Å². The average molecular weight is 371 g/mol. The van der Waals surface area contributed by atoms with Gasteiger partial charge in [0, 0.05) is 18.2 Å². The van der Waals surface area contributed by atoms with Crippen LogP contribution in [0, 0.1) is 5.92 Å². The molecule has 0 saturated carbocycles. The molecule has 1 aromatic rings. The van der Waals surface area contributed by atoms with E-state index in [1.165, 1.54) is 0 Å². The van der Waals surface area contributed by atoms with Crippen LogP contribution in [0.1, 0.15) is 32.6 Å². The monoisotopic (exact) mass is 370 g/mol. The summed E-state index contributed by atoms with van der Waals surface area (Å²) in [5.74, 6) is 0.764. The highest BCUT2D eigenvalue weighted by atomic mass is 35.5. The van der Waals surface area contributed by atoms with Crippen molar-refractivity contribution in [1.29, 1.82) is 0 Å². The number of ether oxygens (including phenoxy) is 2. The summed E-state index contributed by atoms with van der Waals surface area (Å²) in [6.07, 6.45) is 3.74. The minimum absolute atomic E-state index is 0. The molecule has 1 aliphatic heterocycles. The van der Waals surface area contributed by atoms with Gasteiger partial charge in [-0.1, -0.05) is 6.07 Å². The Morgan fingerprint density at radius 3 is 2.76 bits per heavy atom. The number of hydrogen-bond acceptors (Lipinski definition) is 5. The zero-order chi connectivity index (χ0) is 17.2. The standard InChI is InChI=1S/C18H26N2O4.ClH/c1-2-23-18(22)13-24-16-5-3-4-15(12-16)20-17(21)7-6-14-8-10-19-11-9-14;/h3-5,12,14,19H,2,6-11,13H2,1H3,(H,20,21);1H. The molecule has 0 bridgehead atoms. The van der Waals surface area contributed by atoms with Gasteiger partial charge in [0.15, 0.2) is 6.61 Å². The van der Waals surface area contributed by atoms with Gasteiger partial charge in [-0.25, -0.2) is 4.79 Å². The second-order valence-corrected chi connectivity index (χ2v) is 5.90. The maximum atomic E-state index is 12.1. The van der Waals surface area contributed by atoms with E-state index in [1.807, 2.05) is 0 Å². The first-order valence-corrected chi connectivity index (χ1v) is 8.56. The molecule has 0 spiro atoms. The van der Waals surface area contributed by atoms with Crippen LogP contribution >= 0.6 is 12.4 Å². The summed E-state index contributed by atoms with van der Waals surface area (Å²) in [6.45, 7) is 4.03. The van der Waals surface area contributed by atoms with Crippen LogP contribution in [0.15, 0.2) is 24.3 Å². The fraction of sp³-hybridized carbons (Fsp3) is 0.556. The first-order valence-electron chi connectivity index (χ1n) is 8.56. The van der Waals surface area contributed by atoms with Gasteiger partial charge in [-0.15, -0.1) is 12.4 Å². The highest BCUT2D eigenvalue weighted by Crippen LogP contribution is 2.20. The van der Waals surface area contributed by atoms with E-state index in [9.17, 15) is 9.59 Å². The molecule has 0 aromatic heterocycles. The molecule has 7 heteroatoms. The molecule has 6 nitrogen and oxygen atoms in total. The van der Waals surface area contributed by atoms with E-state index in [1.54, 1.807) is 31.2 Å². The molecular weight excluding hydrogens is 344 g/mol. The molecule has 1 fully saturated rings. The molecule has 0 atom stereocenters. The van der Waals surface area contributed by atoms with Crippen molar-refractivity contribution in [2.75, 3.05) is 31.6 Å². The van der Waals surface area contributed by atoms with Crippen LogP contribution in [0.3, 0.4) is 0 Å². The van der Waals surface area contributed by atoms with E-state index < -0.39 is 5.97 Å². The smallest absolute Gasteiger partial charge is 0.344 e. The van der Waals surface area contributed by atoms with Crippen molar-refractivity contribution in [2.24, 2.45) is 5.92 Å². The molecule has 0 aliphatic carbocycles. The summed E-state index contributed by atoms with van der Waals surface area (Å²) in [6, 6.07) is 7.04. The molecule has 2 N–H and O–H groups in total. The Kier molecular flexibility index (Phi) is 9.96. The van der Waals surface area contributed by atoms with Gasteiger partial charge >= 0.3 is 5.97 Å². The van der Waals surface area contributed by atoms with Crippen LogP contribution in [0.4, 0.5) is 5.69 Å². The number of nitrogens with one attached hydrogen (secondary N) is 2. The fourth-order valence-electron chi connectivity index (χ4n) is 2.74. The van der Waals surface area contributed by atoms with E-state index in [0.717, 1.165) is 32.4 Å². The first kappa shape index (κ1) is 21.3. The van der Waals surface area contributed by atoms with Gasteiger partial charge in [0.1, 0.15) is 5.75 Å². The largest absolute Gasteiger partial charge is 0.482 e. The molecular formula is C18H27ClN2O4. The van der Waals surface area contributed by atoms with Gasteiger partial charge in [-0.05, 0) is 57.3 Å². The summed E-state index contributed by atoms with van der Waals surface area (Å²) < 4.78 is 10.2. The van der Waals surface area contributed by atoms with Crippen molar-refractivity contribution >= 4 is 30.0 Å². The van der Waals surface area contributed by atoms with Crippen molar-refractivity contribution in [3.05, 3.63) is 24.3 Å². The highest BCUT2D eigenvalue weighted by molar-refractivity contribution is 5.90. The third-order valence-electron chi connectivity index (χ3n) is 4.02. The summed E-state index contributed by atoms with van der Waals surface area (Å²) >= 11 is 0. The Balaban J connectivity index is 0.00000312. The molecule has 1 saturated heterocycles. The Morgan fingerprint density at radius 2 is 2.04 bits per heavy atom. The number of piperidine rings is 1. The molecule has 1 aromatic carbocycles. The van der Waals surface area contributed by atoms with Crippen molar-refractivity contribution in [2.45, 2.75) is 32.6 Å². The van der Waals surface area contributed by atoms with E-state index in [4.69, 9.17) is 9.47 Å². The Morgan fingerprint density at radius 1 is 1.28 bits per heavy atom. The lowest BCUT2D eigenvalue weighted by Gasteiger charge is -2.22. The van der Waals surface area contributed by atoms with Crippen molar-refractivity contribution < 1.29 is 19.1 Å². The molecule has 25 heavy (non-hydrogen) atoms. The lowest BCUT2D eigenvalue weighted by Crippen LogP contribution is -2.28. The molecule has 1 heterocycles. The normalized spacial score (nSPS) is 14.3. The number of carbonyl (C=O) groups excluding carboxylic acids is 2.